The van der Waals surface area contributed by atoms with E-state index >= 15 is 0 Å². The van der Waals surface area contributed by atoms with Crippen molar-refractivity contribution >= 4 is 16.6 Å². The molecule has 0 unspecified atom stereocenters. The highest BCUT2D eigenvalue weighted by atomic mass is 28.4. The summed E-state index contributed by atoms with van der Waals surface area (Å²) in [5.74, 6) is 3.46. The van der Waals surface area contributed by atoms with Crippen molar-refractivity contribution in [2.45, 2.75) is 150 Å². The van der Waals surface area contributed by atoms with Crippen LogP contribution >= 0.6 is 0 Å². The molecule has 0 aromatic rings. The maximum Gasteiger partial charge on any atom is 0.192 e. The van der Waals surface area contributed by atoms with E-state index in [9.17, 15) is 0 Å². The van der Waals surface area contributed by atoms with Gasteiger partial charge in [0.15, 0.2) is 16.6 Å². The normalized spacial score (nSPS) is 32.5. The standard InChI is InChI=1S/C39H68O2Si2/c1-15-25-42(11,12)41-37-27-34(40-43(13,14)38(7,8)9)26-33(31(37)6)21-20-32-17-16-24-39(10)35(22-23-36(32)39)30(5)19-18-29(4)28(2)3/h15,18-21,28-30,34-37H,1,6,16-17,22-27H2,2-5,7-14H3/b19-18+,32-20+,33-21+/t29-,30+,34+,35+,36-,37-,39+/m0/s1. The van der Waals surface area contributed by atoms with Gasteiger partial charge in [0.2, 0.25) is 0 Å². The minimum atomic E-state index is -1.91. The van der Waals surface area contributed by atoms with Crippen LogP contribution in [0.2, 0.25) is 37.3 Å². The third-order valence-electron chi connectivity index (χ3n) is 12.0. The van der Waals surface area contributed by atoms with Gasteiger partial charge in [0.25, 0.3) is 0 Å². The van der Waals surface area contributed by atoms with Gasteiger partial charge in [0.1, 0.15) is 0 Å². The molecule has 2 nitrogen and oxygen atoms in total. The van der Waals surface area contributed by atoms with Crippen LogP contribution in [-0.2, 0) is 8.85 Å². The largest absolute Gasteiger partial charge is 0.413 e. The first-order valence-electron chi connectivity index (χ1n) is 17.5. The Morgan fingerprint density at radius 2 is 1.67 bits per heavy atom. The van der Waals surface area contributed by atoms with Gasteiger partial charge in [0.05, 0.1) is 12.2 Å². The molecule has 0 aliphatic heterocycles. The van der Waals surface area contributed by atoms with E-state index in [0.717, 1.165) is 24.8 Å². The van der Waals surface area contributed by atoms with E-state index in [1.54, 1.807) is 5.57 Å². The van der Waals surface area contributed by atoms with E-state index < -0.39 is 16.6 Å². The zero-order chi connectivity index (χ0) is 32.4. The van der Waals surface area contributed by atoms with Crippen LogP contribution in [-0.4, -0.2) is 28.8 Å². The molecule has 0 amide bonds. The maximum atomic E-state index is 7.04. The van der Waals surface area contributed by atoms with Crippen LogP contribution in [0.1, 0.15) is 100 Å². The average molecular weight is 625 g/mol. The van der Waals surface area contributed by atoms with Gasteiger partial charge in [-0.1, -0.05) is 97.9 Å². The predicted molar refractivity (Wildman–Crippen MR) is 194 cm³/mol. The first-order chi connectivity index (χ1) is 19.8. The summed E-state index contributed by atoms with van der Waals surface area (Å²) in [6, 6.07) is 0.957. The van der Waals surface area contributed by atoms with Crippen molar-refractivity contribution in [3.05, 3.63) is 60.3 Å². The predicted octanol–water partition coefficient (Wildman–Crippen LogP) is 12.1. The zero-order valence-electron chi connectivity index (χ0n) is 30.3. The second-order valence-electron chi connectivity index (χ2n) is 17.2. The molecule has 3 fully saturated rings. The summed E-state index contributed by atoms with van der Waals surface area (Å²) < 4.78 is 13.9. The Bertz CT molecular complexity index is 1070. The van der Waals surface area contributed by atoms with E-state index in [2.05, 4.69) is 119 Å². The number of hydrogen-bond acceptors (Lipinski definition) is 2. The first-order valence-corrected chi connectivity index (χ1v) is 23.6. The van der Waals surface area contributed by atoms with Gasteiger partial charge >= 0.3 is 0 Å². The maximum absolute atomic E-state index is 7.04. The topological polar surface area (TPSA) is 18.5 Å². The Morgan fingerprint density at radius 3 is 2.28 bits per heavy atom. The highest BCUT2D eigenvalue weighted by molar-refractivity contribution is 6.74. The molecule has 244 valence electrons. The van der Waals surface area contributed by atoms with Crippen LogP contribution in [0.15, 0.2) is 60.3 Å². The lowest BCUT2D eigenvalue weighted by atomic mass is 9.61. The number of hydrogen-bond donors (Lipinski definition) is 0. The van der Waals surface area contributed by atoms with Gasteiger partial charge in [-0.2, -0.15) is 0 Å². The molecule has 0 aromatic carbocycles. The quantitative estimate of drug-likeness (QED) is 0.168. The monoisotopic (exact) mass is 624 g/mol. The molecule has 0 N–H and O–H groups in total. The highest BCUT2D eigenvalue weighted by Gasteiger charge is 2.50. The second kappa shape index (κ2) is 14.2. The fourth-order valence-corrected chi connectivity index (χ4v) is 11.0. The van der Waals surface area contributed by atoms with Gasteiger partial charge < -0.3 is 8.85 Å². The van der Waals surface area contributed by atoms with Crippen molar-refractivity contribution in [1.29, 1.82) is 0 Å². The molecule has 0 heterocycles. The van der Waals surface area contributed by atoms with Crippen LogP contribution in [0.3, 0.4) is 0 Å². The molecule has 0 aromatic heterocycles. The number of fused-ring (bicyclic) bond motifs is 1. The molecule has 43 heavy (non-hydrogen) atoms. The Balaban J connectivity index is 1.87. The molecule has 4 heteroatoms. The van der Waals surface area contributed by atoms with Crippen molar-refractivity contribution in [3.8, 4) is 0 Å². The lowest BCUT2D eigenvalue weighted by molar-refractivity contribution is 0.100. The van der Waals surface area contributed by atoms with Crippen molar-refractivity contribution in [2.75, 3.05) is 0 Å². The first kappa shape index (κ1) is 36.5. The fraction of sp³-hybridized carbons (Fsp3) is 0.744. The molecule has 7 atom stereocenters. The van der Waals surface area contributed by atoms with E-state index in [-0.39, 0.29) is 17.2 Å². The Morgan fingerprint density at radius 1 is 1.00 bits per heavy atom. The summed E-state index contributed by atoms with van der Waals surface area (Å²) >= 11 is 0. The van der Waals surface area contributed by atoms with E-state index in [4.69, 9.17) is 8.85 Å². The molecule has 0 saturated heterocycles. The molecular weight excluding hydrogens is 557 g/mol. The minimum Gasteiger partial charge on any atom is -0.413 e. The van der Waals surface area contributed by atoms with Crippen molar-refractivity contribution < 1.29 is 8.85 Å². The SMILES string of the molecule is C=CC[Si](C)(C)O[C@H]1C[C@H](O[Si](C)(C)C(C)(C)C)C/C(=C\C=C2/CCC[C@]3(C)[C@@H]([C@H](C)/C=C/[C@H](C)C(C)C)CC[C@@H]23)C1=C. The molecule has 3 aliphatic carbocycles. The van der Waals surface area contributed by atoms with Crippen LogP contribution in [0.25, 0.3) is 0 Å². The summed E-state index contributed by atoms with van der Waals surface area (Å²) in [7, 11) is -3.79. The minimum absolute atomic E-state index is 0.0307. The number of allylic oxidation sites excluding steroid dienone is 6. The van der Waals surface area contributed by atoms with Gasteiger partial charge in [-0.25, -0.2) is 0 Å². The van der Waals surface area contributed by atoms with E-state index in [1.807, 2.05) is 6.08 Å². The van der Waals surface area contributed by atoms with Gasteiger partial charge in [-0.15, -0.1) is 6.58 Å². The number of rotatable bonds is 11. The Labute approximate surface area is 269 Å². The summed E-state index contributed by atoms with van der Waals surface area (Å²) in [6.45, 7) is 37.2. The fourth-order valence-electron chi connectivity index (χ4n) is 7.86. The lowest BCUT2D eigenvalue weighted by Crippen LogP contribution is -2.47. The van der Waals surface area contributed by atoms with E-state index in [1.165, 1.54) is 43.3 Å². The molecule has 0 spiro atoms. The average Bonchev–Trinajstić information content (AvgIpc) is 3.24. The van der Waals surface area contributed by atoms with Crippen LogP contribution in [0.4, 0.5) is 0 Å². The van der Waals surface area contributed by atoms with Gasteiger partial charge in [0, 0.05) is 6.42 Å². The lowest BCUT2D eigenvalue weighted by Gasteiger charge is -2.44. The van der Waals surface area contributed by atoms with Crippen LogP contribution in [0.5, 0.6) is 0 Å². The van der Waals surface area contributed by atoms with Crippen LogP contribution < -0.4 is 0 Å². The molecule has 3 rings (SSSR count). The van der Waals surface area contributed by atoms with Crippen LogP contribution in [0, 0.1) is 35.0 Å². The van der Waals surface area contributed by atoms with Gasteiger partial charge in [-0.05, 0) is 122 Å². The van der Waals surface area contributed by atoms with Gasteiger partial charge in [-0.3, -0.25) is 0 Å². The summed E-state index contributed by atoms with van der Waals surface area (Å²) in [5, 5.41) is 0.186. The van der Waals surface area contributed by atoms with Crippen molar-refractivity contribution in [1.82, 2.24) is 0 Å². The third kappa shape index (κ3) is 8.86. The highest BCUT2D eigenvalue weighted by Crippen LogP contribution is 2.59. The summed E-state index contributed by atoms with van der Waals surface area (Å²) in [5.41, 5.74) is 4.60. The summed E-state index contributed by atoms with van der Waals surface area (Å²) in [6.07, 6.45) is 20.7. The third-order valence-corrected chi connectivity index (χ3v) is 18.8. The molecule has 0 radical (unpaired) electrons. The molecule has 3 saturated carbocycles. The van der Waals surface area contributed by atoms with Crippen molar-refractivity contribution in [3.63, 3.8) is 0 Å². The second-order valence-corrected chi connectivity index (χ2v) is 26.1. The molecule has 0 bridgehead atoms. The Hall–Kier alpha value is -0.946. The summed E-state index contributed by atoms with van der Waals surface area (Å²) in [4.78, 5) is 0. The van der Waals surface area contributed by atoms with E-state index in [0.29, 0.717) is 29.1 Å². The van der Waals surface area contributed by atoms with Crippen molar-refractivity contribution in [2.24, 2.45) is 35.0 Å². The Kier molecular flexibility index (Phi) is 12.1. The molecule has 3 aliphatic rings. The zero-order valence-corrected chi connectivity index (χ0v) is 32.3. The smallest absolute Gasteiger partial charge is 0.192 e. The molecular formula is C39H68O2Si2.